The molecular formula is C6H11N5O2. The molecule has 1 aromatic rings. The van der Waals surface area contributed by atoms with Crippen LogP contribution >= 0.6 is 0 Å². The molecule has 2 heterocycles. The minimum atomic E-state index is -0.720. The maximum absolute atomic E-state index is 10.1. The highest BCUT2D eigenvalue weighted by Gasteiger charge is 2.20. The summed E-state index contributed by atoms with van der Waals surface area (Å²) in [6.07, 6.45) is 3.12. The summed E-state index contributed by atoms with van der Waals surface area (Å²) < 4.78 is 0. The molecule has 3 N–H and O–H groups in total. The standard InChI is InChI=1S/C5H9NO2.CH2N4/c7-5(8)4-2-1-3-6-4;1-2-4-5-3-1/h4,6H,1-3H2,(H,7,8);1H,(H,2,3,4,5)/t4-;/m1./s1. The third kappa shape index (κ3) is 3.61. The second-order valence-electron chi connectivity index (χ2n) is 2.55. The minimum absolute atomic E-state index is 0.269. The predicted molar refractivity (Wildman–Crippen MR) is 42.8 cm³/mol. The number of carbonyl (C=O) groups is 1. The predicted octanol–water partition coefficient (Wildman–Crippen LogP) is -0.977. The molecule has 7 heteroatoms. The van der Waals surface area contributed by atoms with Crippen LogP contribution in [0.5, 0.6) is 0 Å². The number of hydrogen-bond acceptors (Lipinski definition) is 5. The second kappa shape index (κ2) is 5.20. The molecule has 1 aliphatic heterocycles. The number of carboxylic acid groups (broad SMARTS) is 1. The number of nitrogens with zero attached hydrogens (tertiary/aromatic N) is 3. The van der Waals surface area contributed by atoms with Crippen molar-refractivity contribution in [1.29, 1.82) is 0 Å². The van der Waals surface area contributed by atoms with Gasteiger partial charge in [-0.3, -0.25) is 4.79 Å². The highest BCUT2D eigenvalue weighted by molar-refractivity contribution is 5.73. The second-order valence-corrected chi connectivity index (χ2v) is 2.55. The molecule has 1 aromatic heterocycles. The van der Waals surface area contributed by atoms with Gasteiger partial charge in [0, 0.05) is 0 Å². The van der Waals surface area contributed by atoms with Crippen molar-refractivity contribution >= 4 is 5.97 Å². The molecule has 1 fully saturated rings. The van der Waals surface area contributed by atoms with Crippen LogP contribution in [0.4, 0.5) is 0 Å². The van der Waals surface area contributed by atoms with E-state index in [9.17, 15) is 4.79 Å². The van der Waals surface area contributed by atoms with Gasteiger partial charge in [-0.1, -0.05) is 5.21 Å². The first-order chi connectivity index (χ1) is 6.30. The molecule has 0 aliphatic carbocycles. The Morgan fingerprint density at radius 2 is 2.46 bits per heavy atom. The first kappa shape index (κ1) is 9.59. The first-order valence-corrected chi connectivity index (χ1v) is 3.93. The van der Waals surface area contributed by atoms with Crippen LogP contribution in [0, 0.1) is 0 Å². The normalized spacial score (nSPS) is 20.5. The number of carboxylic acids is 1. The summed E-state index contributed by atoms with van der Waals surface area (Å²) in [5, 5.41) is 23.4. The van der Waals surface area contributed by atoms with Crippen molar-refractivity contribution in [3.63, 3.8) is 0 Å². The molecule has 0 unspecified atom stereocenters. The van der Waals surface area contributed by atoms with E-state index in [-0.39, 0.29) is 6.04 Å². The van der Waals surface area contributed by atoms with Crippen molar-refractivity contribution in [3.05, 3.63) is 6.33 Å². The zero-order valence-corrected chi connectivity index (χ0v) is 6.97. The number of aliphatic carboxylic acids is 1. The summed E-state index contributed by atoms with van der Waals surface area (Å²) in [7, 11) is 0. The van der Waals surface area contributed by atoms with Gasteiger partial charge in [-0.15, -0.1) is 10.2 Å². The van der Waals surface area contributed by atoms with E-state index < -0.39 is 5.97 Å². The molecule has 1 saturated heterocycles. The van der Waals surface area contributed by atoms with Crippen LogP contribution in [0.2, 0.25) is 0 Å². The Hall–Kier alpha value is -1.50. The molecule has 2 rings (SSSR count). The molecular weight excluding hydrogens is 174 g/mol. The van der Waals surface area contributed by atoms with Gasteiger partial charge in [0.2, 0.25) is 0 Å². The largest absolute Gasteiger partial charge is 0.480 e. The molecule has 0 spiro atoms. The van der Waals surface area contributed by atoms with E-state index in [1.54, 1.807) is 0 Å². The number of hydrogen-bond donors (Lipinski definition) is 3. The molecule has 1 aliphatic rings. The average molecular weight is 185 g/mol. The third-order valence-corrected chi connectivity index (χ3v) is 1.63. The molecule has 1 atom stereocenters. The Morgan fingerprint density at radius 3 is 2.69 bits per heavy atom. The molecule has 13 heavy (non-hydrogen) atoms. The van der Waals surface area contributed by atoms with Gasteiger partial charge < -0.3 is 10.4 Å². The molecule has 0 amide bonds. The average Bonchev–Trinajstić information content (AvgIpc) is 2.82. The topological polar surface area (TPSA) is 104 Å². The van der Waals surface area contributed by atoms with E-state index in [1.807, 2.05) is 0 Å². The van der Waals surface area contributed by atoms with Crippen LogP contribution in [0.3, 0.4) is 0 Å². The van der Waals surface area contributed by atoms with E-state index >= 15 is 0 Å². The highest BCUT2D eigenvalue weighted by Crippen LogP contribution is 2.03. The van der Waals surface area contributed by atoms with E-state index in [1.165, 1.54) is 6.33 Å². The van der Waals surface area contributed by atoms with Gasteiger partial charge in [-0.05, 0) is 19.4 Å². The van der Waals surface area contributed by atoms with Gasteiger partial charge in [-0.2, -0.15) is 5.21 Å². The Kier molecular flexibility index (Phi) is 3.83. The number of rotatable bonds is 1. The monoisotopic (exact) mass is 185 g/mol. The van der Waals surface area contributed by atoms with Crippen molar-refractivity contribution < 1.29 is 9.90 Å². The summed E-state index contributed by atoms with van der Waals surface area (Å²) in [6.45, 7) is 0.858. The van der Waals surface area contributed by atoms with E-state index in [2.05, 4.69) is 25.9 Å². The van der Waals surface area contributed by atoms with E-state index in [0.717, 1.165) is 19.4 Å². The smallest absolute Gasteiger partial charge is 0.320 e. The summed E-state index contributed by atoms with van der Waals surface area (Å²) in [5.74, 6) is -0.720. The SMILES string of the molecule is O=C(O)[C@H]1CCCN1.c1nn[nH]n1. The molecule has 0 radical (unpaired) electrons. The number of tetrazole rings is 1. The summed E-state index contributed by atoms with van der Waals surface area (Å²) in [5.41, 5.74) is 0. The number of aromatic amines is 1. The summed E-state index contributed by atoms with van der Waals surface area (Å²) in [4.78, 5) is 10.1. The highest BCUT2D eigenvalue weighted by atomic mass is 16.4. The van der Waals surface area contributed by atoms with Crippen LogP contribution in [-0.2, 0) is 4.79 Å². The fourth-order valence-electron chi connectivity index (χ4n) is 1.02. The van der Waals surface area contributed by atoms with Crippen molar-refractivity contribution in [2.24, 2.45) is 0 Å². The fourth-order valence-corrected chi connectivity index (χ4v) is 1.02. The lowest BCUT2D eigenvalue weighted by molar-refractivity contribution is -0.139. The quantitative estimate of drug-likeness (QED) is 0.519. The van der Waals surface area contributed by atoms with Crippen molar-refractivity contribution in [3.8, 4) is 0 Å². The molecule has 72 valence electrons. The zero-order chi connectivity index (χ0) is 9.52. The van der Waals surface area contributed by atoms with E-state index in [4.69, 9.17) is 5.11 Å². The van der Waals surface area contributed by atoms with Gasteiger partial charge >= 0.3 is 5.97 Å². The first-order valence-electron chi connectivity index (χ1n) is 3.93. The fraction of sp³-hybridized carbons (Fsp3) is 0.667. The Morgan fingerprint density at radius 1 is 1.62 bits per heavy atom. The molecule has 7 nitrogen and oxygen atoms in total. The summed E-state index contributed by atoms with van der Waals surface area (Å²) >= 11 is 0. The van der Waals surface area contributed by atoms with Crippen LogP contribution in [0.25, 0.3) is 0 Å². The van der Waals surface area contributed by atoms with Gasteiger partial charge in [0.25, 0.3) is 0 Å². The third-order valence-electron chi connectivity index (χ3n) is 1.63. The number of H-pyrrole nitrogens is 1. The Bertz CT molecular complexity index is 214. The van der Waals surface area contributed by atoms with Crippen LogP contribution in [0.1, 0.15) is 12.8 Å². The van der Waals surface area contributed by atoms with Crippen LogP contribution in [0.15, 0.2) is 6.33 Å². The van der Waals surface area contributed by atoms with Crippen LogP contribution in [-0.4, -0.2) is 44.3 Å². The lowest BCUT2D eigenvalue weighted by atomic mass is 10.2. The van der Waals surface area contributed by atoms with Crippen molar-refractivity contribution in [2.75, 3.05) is 6.54 Å². The number of aromatic nitrogens is 4. The maximum Gasteiger partial charge on any atom is 0.320 e. The molecule has 0 aromatic carbocycles. The van der Waals surface area contributed by atoms with E-state index in [0.29, 0.717) is 0 Å². The Balaban J connectivity index is 0.000000145. The zero-order valence-electron chi connectivity index (χ0n) is 6.97. The molecule has 0 saturated carbocycles. The number of nitrogens with one attached hydrogen (secondary N) is 2. The maximum atomic E-state index is 10.1. The van der Waals surface area contributed by atoms with Gasteiger partial charge in [0.1, 0.15) is 6.04 Å². The van der Waals surface area contributed by atoms with Crippen molar-refractivity contribution in [1.82, 2.24) is 25.9 Å². The van der Waals surface area contributed by atoms with Gasteiger partial charge in [-0.25, -0.2) is 0 Å². The lowest BCUT2D eigenvalue weighted by Crippen LogP contribution is -2.29. The lowest BCUT2D eigenvalue weighted by Gasteiger charge is -1.99. The van der Waals surface area contributed by atoms with Crippen molar-refractivity contribution in [2.45, 2.75) is 18.9 Å². The summed E-state index contributed by atoms with van der Waals surface area (Å²) in [6, 6.07) is -0.269. The van der Waals surface area contributed by atoms with Gasteiger partial charge in [0.15, 0.2) is 6.33 Å². The Labute approximate surface area is 74.5 Å². The van der Waals surface area contributed by atoms with Gasteiger partial charge in [0.05, 0.1) is 0 Å². The molecule has 0 bridgehead atoms. The minimum Gasteiger partial charge on any atom is -0.480 e. The van der Waals surface area contributed by atoms with Crippen LogP contribution < -0.4 is 5.32 Å².